The van der Waals surface area contributed by atoms with Crippen molar-refractivity contribution < 1.29 is 9.50 Å². The Morgan fingerprint density at radius 3 is 2.35 bits per heavy atom. The molecule has 0 saturated carbocycles. The maximum Gasteiger partial charge on any atom is 0.123 e. The number of aliphatic hydroxyl groups excluding tert-OH is 1. The van der Waals surface area contributed by atoms with Crippen LogP contribution in [0, 0.1) is 12.7 Å². The standard InChI is InChI=1S/C17H20FNO/c1-3-19(15-10-8-14(18)9-11-15)12-17(20)16-7-5-4-6-13(16)2/h4-11,17,20H,3,12H2,1-2H3. The molecule has 20 heavy (non-hydrogen) atoms. The summed E-state index contributed by atoms with van der Waals surface area (Å²) in [6.07, 6.45) is -0.554. The number of aryl methyl sites for hydroxylation is 1. The van der Waals surface area contributed by atoms with Crippen LogP contribution in [0.2, 0.25) is 0 Å². The predicted molar refractivity (Wildman–Crippen MR) is 80.4 cm³/mol. The maximum atomic E-state index is 13.0. The third-order valence-corrected chi connectivity index (χ3v) is 3.51. The van der Waals surface area contributed by atoms with E-state index in [0.29, 0.717) is 6.54 Å². The summed E-state index contributed by atoms with van der Waals surface area (Å²) in [7, 11) is 0. The lowest BCUT2D eigenvalue weighted by Crippen LogP contribution is -2.28. The number of hydrogen-bond donors (Lipinski definition) is 1. The van der Waals surface area contributed by atoms with E-state index < -0.39 is 6.10 Å². The molecule has 2 nitrogen and oxygen atoms in total. The van der Waals surface area contributed by atoms with E-state index in [2.05, 4.69) is 0 Å². The van der Waals surface area contributed by atoms with Gasteiger partial charge in [-0.15, -0.1) is 0 Å². The molecule has 0 aromatic heterocycles. The Morgan fingerprint density at radius 2 is 1.75 bits per heavy atom. The maximum absolute atomic E-state index is 13.0. The van der Waals surface area contributed by atoms with Gasteiger partial charge in [0.15, 0.2) is 0 Å². The minimum absolute atomic E-state index is 0.246. The molecule has 0 spiro atoms. The van der Waals surface area contributed by atoms with Crippen LogP contribution in [0.5, 0.6) is 0 Å². The first-order valence-corrected chi connectivity index (χ1v) is 6.86. The highest BCUT2D eigenvalue weighted by molar-refractivity contribution is 5.46. The number of aliphatic hydroxyl groups is 1. The summed E-state index contributed by atoms with van der Waals surface area (Å²) in [5.41, 5.74) is 2.93. The van der Waals surface area contributed by atoms with Gasteiger partial charge in [0.05, 0.1) is 6.10 Å². The minimum Gasteiger partial charge on any atom is -0.387 e. The first-order valence-electron chi connectivity index (χ1n) is 6.86. The molecule has 2 aromatic carbocycles. The highest BCUT2D eigenvalue weighted by Gasteiger charge is 2.14. The van der Waals surface area contributed by atoms with Crippen molar-refractivity contribution in [2.24, 2.45) is 0 Å². The van der Waals surface area contributed by atoms with E-state index >= 15 is 0 Å². The molecule has 0 radical (unpaired) electrons. The van der Waals surface area contributed by atoms with Gasteiger partial charge < -0.3 is 10.0 Å². The largest absolute Gasteiger partial charge is 0.387 e. The molecule has 1 N–H and O–H groups in total. The van der Waals surface area contributed by atoms with Crippen molar-refractivity contribution in [3.63, 3.8) is 0 Å². The molecule has 2 rings (SSSR count). The van der Waals surface area contributed by atoms with Gasteiger partial charge in [-0.3, -0.25) is 0 Å². The van der Waals surface area contributed by atoms with Gasteiger partial charge in [0.2, 0.25) is 0 Å². The number of nitrogens with zero attached hydrogens (tertiary/aromatic N) is 1. The lowest BCUT2D eigenvalue weighted by atomic mass is 10.0. The topological polar surface area (TPSA) is 23.5 Å². The summed E-state index contributed by atoms with van der Waals surface area (Å²) >= 11 is 0. The third kappa shape index (κ3) is 3.36. The average molecular weight is 273 g/mol. The zero-order chi connectivity index (χ0) is 14.5. The number of benzene rings is 2. The van der Waals surface area contributed by atoms with E-state index in [9.17, 15) is 9.50 Å². The second-order valence-electron chi connectivity index (χ2n) is 4.89. The van der Waals surface area contributed by atoms with E-state index in [1.54, 1.807) is 12.1 Å². The van der Waals surface area contributed by atoms with Gasteiger partial charge in [-0.25, -0.2) is 4.39 Å². The quantitative estimate of drug-likeness (QED) is 0.898. The molecule has 0 aliphatic rings. The molecule has 3 heteroatoms. The number of halogens is 1. The molecule has 0 aliphatic carbocycles. The van der Waals surface area contributed by atoms with Crippen molar-refractivity contribution in [2.45, 2.75) is 20.0 Å². The molecule has 0 aliphatic heterocycles. The molecule has 0 amide bonds. The Bertz CT molecular complexity index is 553. The Labute approximate surface area is 119 Å². The van der Waals surface area contributed by atoms with Gasteiger partial charge in [-0.1, -0.05) is 24.3 Å². The monoisotopic (exact) mass is 273 g/mol. The molecule has 2 aromatic rings. The van der Waals surface area contributed by atoms with Crippen LogP contribution < -0.4 is 4.90 Å². The average Bonchev–Trinajstić information content (AvgIpc) is 2.46. The molecule has 1 atom stereocenters. The number of anilines is 1. The number of likely N-dealkylation sites (N-methyl/N-ethyl adjacent to an activating group) is 1. The molecular formula is C17H20FNO. The molecule has 1 unspecified atom stereocenters. The molecule has 0 saturated heterocycles. The van der Waals surface area contributed by atoms with E-state index in [1.807, 2.05) is 43.0 Å². The number of rotatable bonds is 5. The normalized spacial score (nSPS) is 12.2. The van der Waals surface area contributed by atoms with Gasteiger partial charge in [0, 0.05) is 18.8 Å². The lowest BCUT2D eigenvalue weighted by molar-refractivity contribution is 0.183. The van der Waals surface area contributed by atoms with Crippen molar-refractivity contribution >= 4 is 5.69 Å². The van der Waals surface area contributed by atoms with Crippen LogP contribution in [-0.4, -0.2) is 18.2 Å². The summed E-state index contributed by atoms with van der Waals surface area (Å²) in [6, 6.07) is 14.2. The summed E-state index contributed by atoms with van der Waals surface area (Å²) in [5.74, 6) is -0.246. The summed E-state index contributed by atoms with van der Waals surface area (Å²) in [5, 5.41) is 10.4. The summed E-state index contributed by atoms with van der Waals surface area (Å²) in [6.45, 7) is 5.27. The van der Waals surface area contributed by atoms with Gasteiger partial charge in [0.1, 0.15) is 5.82 Å². The van der Waals surface area contributed by atoms with E-state index in [0.717, 1.165) is 23.4 Å². The fraction of sp³-hybridized carbons (Fsp3) is 0.294. The fourth-order valence-corrected chi connectivity index (χ4v) is 2.34. The van der Waals surface area contributed by atoms with Crippen LogP contribution in [0.4, 0.5) is 10.1 Å². The zero-order valence-corrected chi connectivity index (χ0v) is 11.9. The van der Waals surface area contributed by atoms with E-state index in [4.69, 9.17) is 0 Å². The summed E-state index contributed by atoms with van der Waals surface area (Å²) in [4.78, 5) is 2.04. The van der Waals surface area contributed by atoms with Gasteiger partial charge in [-0.05, 0) is 49.2 Å². The Balaban J connectivity index is 2.14. The van der Waals surface area contributed by atoms with Crippen LogP contribution in [0.3, 0.4) is 0 Å². The van der Waals surface area contributed by atoms with Crippen molar-refractivity contribution in [1.29, 1.82) is 0 Å². The smallest absolute Gasteiger partial charge is 0.123 e. The van der Waals surface area contributed by atoms with Gasteiger partial charge in [0.25, 0.3) is 0 Å². The Kier molecular flexibility index (Phi) is 4.74. The van der Waals surface area contributed by atoms with Crippen LogP contribution in [-0.2, 0) is 0 Å². The van der Waals surface area contributed by atoms with E-state index in [1.165, 1.54) is 12.1 Å². The van der Waals surface area contributed by atoms with Crippen LogP contribution in [0.15, 0.2) is 48.5 Å². The second kappa shape index (κ2) is 6.53. The van der Waals surface area contributed by atoms with Crippen LogP contribution >= 0.6 is 0 Å². The van der Waals surface area contributed by atoms with Crippen LogP contribution in [0.1, 0.15) is 24.2 Å². The fourth-order valence-electron chi connectivity index (χ4n) is 2.34. The molecule has 0 bridgehead atoms. The minimum atomic E-state index is -0.554. The van der Waals surface area contributed by atoms with Crippen molar-refractivity contribution in [3.05, 3.63) is 65.5 Å². The third-order valence-electron chi connectivity index (χ3n) is 3.51. The second-order valence-corrected chi connectivity index (χ2v) is 4.89. The summed E-state index contributed by atoms with van der Waals surface area (Å²) < 4.78 is 13.0. The molecule has 0 heterocycles. The van der Waals surface area contributed by atoms with Crippen molar-refractivity contribution in [2.75, 3.05) is 18.0 Å². The highest BCUT2D eigenvalue weighted by atomic mass is 19.1. The van der Waals surface area contributed by atoms with E-state index in [-0.39, 0.29) is 5.82 Å². The molecular weight excluding hydrogens is 253 g/mol. The number of hydrogen-bond acceptors (Lipinski definition) is 2. The lowest BCUT2D eigenvalue weighted by Gasteiger charge is -2.26. The first-order chi connectivity index (χ1) is 9.61. The zero-order valence-electron chi connectivity index (χ0n) is 11.9. The van der Waals surface area contributed by atoms with Crippen LogP contribution in [0.25, 0.3) is 0 Å². The SMILES string of the molecule is CCN(CC(O)c1ccccc1C)c1ccc(F)cc1. The van der Waals surface area contributed by atoms with Gasteiger partial charge >= 0.3 is 0 Å². The highest BCUT2D eigenvalue weighted by Crippen LogP contribution is 2.22. The Hall–Kier alpha value is -1.87. The van der Waals surface area contributed by atoms with Crippen molar-refractivity contribution in [1.82, 2.24) is 0 Å². The molecule has 106 valence electrons. The predicted octanol–water partition coefficient (Wildman–Crippen LogP) is 3.69. The van der Waals surface area contributed by atoms with Crippen molar-refractivity contribution in [3.8, 4) is 0 Å². The Morgan fingerprint density at radius 1 is 1.10 bits per heavy atom. The van der Waals surface area contributed by atoms with Gasteiger partial charge in [-0.2, -0.15) is 0 Å². The molecule has 0 fully saturated rings. The first kappa shape index (κ1) is 14.5.